The third-order valence-corrected chi connectivity index (χ3v) is 3.20. The van der Waals surface area contributed by atoms with Gasteiger partial charge < -0.3 is 10.4 Å². The van der Waals surface area contributed by atoms with Gasteiger partial charge in [0.15, 0.2) is 6.04 Å². The fraction of sp³-hybridized carbons (Fsp3) is 0.133. The summed E-state index contributed by atoms with van der Waals surface area (Å²) in [6.07, 6.45) is 0. The van der Waals surface area contributed by atoms with Gasteiger partial charge in [-0.05, 0) is 54.4 Å². The molecular formula is C15H13ClFNO2. The van der Waals surface area contributed by atoms with Crippen molar-refractivity contribution in [2.45, 2.75) is 13.0 Å². The number of carboxylic acid groups (broad SMARTS) is 1. The number of nitrogens with one attached hydrogen (secondary N) is 1. The molecule has 2 rings (SSSR count). The number of hydrogen-bond donors (Lipinski definition) is 2. The quantitative estimate of drug-likeness (QED) is 0.895. The fourth-order valence-corrected chi connectivity index (χ4v) is 2.07. The van der Waals surface area contributed by atoms with E-state index < -0.39 is 12.0 Å². The van der Waals surface area contributed by atoms with E-state index in [0.717, 1.165) is 0 Å². The number of benzene rings is 2. The minimum atomic E-state index is -1.03. The van der Waals surface area contributed by atoms with Crippen molar-refractivity contribution >= 4 is 23.3 Å². The lowest BCUT2D eigenvalue weighted by atomic mass is 10.0. The van der Waals surface area contributed by atoms with Crippen LogP contribution in [0.5, 0.6) is 0 Å². The first-order chi connectivity index (χ1) is 9.47. The molecule has 0 aliphatic heterocycles. The predicted octanol–water partition coefficient (Wildman–Crippen LogP) is 4.03. The molecule has 2 aromatic rings. The van der Waals surface area contributed by atoms with Crippen molar-refractivity contribution in [3.63, 3.8) is 0 Å². The number of aliphatic carboxylic acids is 1. The zero-order chi connectivity index (χ0) is 14.7. The highest BCUT2D eigenvalue weighted by molar-refractivity contribution is 6.30. The molecule has 0 saturated heterocycles. The zero-order valence-corrected chi connectivity index (χ0v) is 11.5. The summed E-state index contributed by atoms with van der Waals surface area (Å²) in [5, 5.41) is 12.8. The molecule has 1 atom stereocenters. The van der Waals surface area contributed by atoms with Crippen LogP contribution in [0.1, 0.15) is 17.2 Å². The van der Waals surface area contributed by atoms with Crippen LogP contribution in [-0.4, -0.2) is 11.1 Å². The molecule has 2 aromatic carbocycles. The van der Waals surface area contributed by atoms with Gasteiger partial charge in [-0.25, -0.2) is 9.18 Å². The number of anilines is 1. The number of carboxylic acids is 1. The first-order valence-corrected chi connectivity index (χ1v) is 6.36. The molecule has 0 spiro atoms. The largest absolute Gasteiger partial charge is 0.479 e. The maximum absolute atomic E-state index is 13.1. The van der Waals surface area contributed by atoms with Gasteiger partial charge in [0.25, 0.3) is 0 Å². The van der Waals surface area contributed by atoms with E-state index in [-0.39, 0.29) is 5.82 Å². The highest BCUT2D eigenvalue weighted by Gasteiger charge is 2.21. The monoisotopic (exact) mass is 293 g/mol. The van der Waals surface area contributed by atoms with Gasteiger partial charge >= 0.3 is 5.97 Å². The van der Waals surface area contributed by atoms with Crippen molar-refractivity contribution in [2.75, 3.05) is 5.32 Å². The Labute approximate surface area is 121 Å². The molecular weight excluding hydrogens is 281 g/mol. The van der Waals surface area contributed by atoms with Gasteiger partial charge in [-0.1, -0.05) is 17.7 Å². The Morgan fingerprint density at radius 1 is 1.25 bits per heavy atom. The van der Waals surface area contributed by atoms with Gasteiger partial charge in [-0.3, -0.25) is 0 Å². The highest BCUT2D eigenvalue weighted by Crippen LogP contribution is 2.24. The third-order valence-electron chi connectivity index (χ3n) is 2.95. The first-order valence-electron chi connectivity index (χ1n) is 5.98. The molecule has 0 fully saturated rings. The summed E-state index contributed by atoms with van der Waals surface area (Å²) in [5.41, 5.74) is 1.73. The Bertz CT molecular complexity index is 628. The summed E-state index contributed by atoms with van der Waals surface area (Å²) in [6.45, 7) is 1.68. The second kappa shape index (κ2) is 5.92. The lowest BCUT2D eigenvalue weighted by molar-refractivity contribution is -0.138. The average Bonchev–Trinajstić information content (AvgIpc) is 2.39. The number of rotatable bonds is 4. The molecule has 0 heterocycles. The molecule has 1 unspecified atom stereocenters. The maximum atomic E-state index is 13.1. The summed E-state index contributed by atoms with van der Waals surface area (Å²) >= 11 is 5.78. The molecule has 0 aromatic heterocycles. The molecule has 2 N–H and O–H groups in total. The third kappa shape index (κ3) is 3.27. The van der Waals surface area contributed by atoms with E-state index in [1.165, 1.54) is 18.2 Å². The van der Waals surface area contributed by atoms with Crippen molar-refractivity contribution in [1.82, 2.24) is 0 Å². The van der Waals surface area contributed by atoms with Crippen LogP contribution in [0.25, 0.3) is 0 Å². The molecule has 0 amide bonds. The first kappa shape index (κ1) is 14.3. The topological polar surface area (TPSA) is 49.3 Å². The molecule has 3 nitrogen and oxygen atoms in total. The number of hydrogen-bond acceptors (Lipinski definition) is 2. The van der Waals surface area contributed by atoms with E-state index in [2.05, 4.69) is 5.32 Å². The minimum absolute atomic E-state index is 0.387. The van der Waals surface area contributed by atoms with Gasteiger partial charge in [-0.2, -0.15) is 0 Å². The Balaban J connectivity index is 2.31. The lowest BCUT2D eigenvalue weighted by Crippen LogP contribution is -2.21. The summed E-state index contributed by atoms with van der Waals surface area (Å²) in [6, 6.07) is 9.81. The van der Waals surface area contributed by atoms with Gasteiger partial charge in [-0.15, -0.1) is 0 Å². The van der Waals surface area contributed by atoms with Crippen LogP contribution in [0.2, 0.25) is 5.02 Å². The number of carbonyl (C=O) groups is 1. The number of halogens is 2. The zero-order valence-electron chi connectivity index (χ0n) is 10.7. The van der Waals surface area contributed by atoms with E-state index in [0.29, 0.717) is 21.8 Å². The summed E-state index contributed by atoms with van der Waals surface area (Å²) < 4.78 is 13.1. The molecule has 0 aliphatic rings. The van der Waals surface area contributed by atoms with Gasteiger partial charge in [0.2, 0.25) is 0 Å². The number of aryl methyl sites for hydroxylation is 1. The smallest absolute Gasteiger partial charge is 0.330 e. The summed E-state index contributed by atoms with van der Waals surface area (Å²) in [5.74, 6) is -1.42. The van der Waals surface area contributed by atoms with Crippen molar-refractivity contribution in [2.24, 2.45) is 0 Å². The Hall–Kier alpha value is -2.07. The molecule has 104 valence electrons. The van der Waals surface area contributed by atoms with Crippen LogP contribution in [0.15, 0.2) is 42.5 Å². The second-order valence-corrected chi connectivity index (χ2v) is 4.86. The van der Waals surface area contributed by atoms with Crippen molar-refractivity contribution in [3.8, 4) is 0 Å². The molecule has 0 bridgehead atoms. The minimum Gasteiger partial charge on any atom is -0.479 e. The highest BCUT2D eigenvalue weighted by atomic mass is 35.5. The molecule has 0 radical (unpaired) electrons. The summed E-state index contributed by atoms with van der Waals surface area (Å²) in [7, 11) is 0. The molecule has 5 heteroatoms. The predicted molar refractivity (Wildman–Crippen MR) is 76.6 cm³/mol. The van der Waals surface area contributed by atoms with Crippen LogP contribution >= 0.6 is 11.6 Å². The van der Waals surface area contributed by atoms with E-state index in [9.17, 15) is 14.3 Å². The van der Waals surface area contributed by atoms with Crippen molar-refractivity contribution < 1.29 is 14.3 Å². The molecule has 0 saturated carbocycles. The van der Waals surface area contributed by atoms with Crippen LogP contribution in [0, 0.1) is 12.7 Å². The van der Waals surface area contributed by atoms with E-state index in [4.69, 9.17) is 11.6 Å². The van der Waals surface area contributed by atoms with Crippen molar-refractivity contribution in [1.29, 1.82) is 0 Å². The normalized spacial score (nSPS) is 11.9. The van der Waals surface area contributed by atoms with Crippen LogP contribution in [-0.2, 0) is 4.79 Å². The van der Waals surface area contributed by atoms with E-state index in [1.807, 2.05) is 0 Å². The standard InChI is InChI=1S/C15H13ClFNO2/c1-9-8-11(17)4-7-13(9)14(15(19)20)18-12-5-2-10(16)3-6-12/h2-8,14,18H,1H3,(H,19,20). The van der Waals surface area contributed by atoms with E-state index >= 15 is 0 Å². The summed E-state index contributed by atoms with van der Waals surface area (Å²) in [4.78, 5) is 11.4. The van der Waals surface area contributed by atoms with Gasteiger partial charge in [0.1, 0.15) is 5.82 Å². The van der Waals surface area contributed by atoms with Gasteiger partial charge in [0, 0.05) is 10.7 Å². The average molecular weight is 294 g/mol. The Morgan fingerprint density at radius 3 is 2.45 bits per heavy atom. The van der Waals surface area contributed by atoms with Crippen LogP contribution < -0.4 is 5.32 Å². The molecule has 0 aliphatic carbocycles. The van der Waals surface area contributed by atoms with Crippen LogP contribution in [0.4, 0.5) is 10.1 Å². The second-order valence-electron chi connectivity index (χ2n) is 4.42. The SMILES string of the molecule is Cc1cc(F)ccc1C(Nc1ccc(Cl)cc1)C(=O)O. The Kier molecular flexibility index (Phi) is 4.25. The Morgan fingerprint density at radius 2 is 1.90 bits per heavy atom. The van der Waals surface area contributed by atoms with Crippen LogP contribution in [0.3, 0.4) is 0 Å². The van der Waals surface area contributed by atoms with E-state index in [1.54, 1.807) is 31.2 Å². The van der Waals surface area contributed by atoms with Gasteiger partial charge in [0.05, 0.1) is 0 Å². The maximum Gasteiger partial charge on any atom is 0.330 e. The van der Waals surface area contributed by atoms with Crippen molar-refractivity contribution in [3.05, 3.63) is 64.4 Å². The molecule has 20 heavy (non-hydrogen) atoms. The lowest BCUT2D eigenvalue weighted by Gasteiger charge is -2.18. The fourth-order valence-electron chi connectivity index (χ4n) is 1.95.